The molecule has 0 spiro atoms. The number of aromatic nitrogens is 2. The van der Waals surface area contributed by atoms with E-state index in [-0.39, 0.29) is 0 Å². The van der Waals surface area contributed by atoms with E-state index in [1.54, 1.807) is 0 Å². The van der Waals surface area contributed by atoms with Crippen molar-refractivity contribution in [2.75, 3.05) is 11.9 Å². The predicted molar refractivity (Wildman–Crippen MR) is 99.1 cm³/mol. The van der Waals surface area contributed by atoms with Gasteiger partial charge in [0.15, 0.2) is 0 Å². The molecule has 1 aromatic heterocycles. The van der Waals surface area contributed by atoms with E-state index in [1.807, 2.05) is 11.7 Å². The lowest BCUT2D eigenvalue weighted by Gasteiger charge is -2.12. The zero-order valence-corrected chi connectivity index (χ0v) is 14.7. The summed E-state index contributed by atoms with van der Waals surface area (Å²) in [6, 6.07) is 11.0. The Kier molecular flexibility index (Phi) is 4.12. The first-order valence-corrected chi connectivity index (χ1v) is 8.30. The summed E-state index contributed by atoms with van der Waals surface area (Å²) in [4.78, 5) is 0. The second-order valence-electron chi connectivity index (χ2n) is 6.37. The highest BCUT2D eigenvalue weighted by atomic mass is 15.3. The number of benzene rings is 2. The second kappa shape index (κ2) is 6.07. The maximum atomic E-state index is 4.80. The van der Waals surface area contributed by atoms with E-state index in [0.717, 1.165) is 24.3 Å². The summed E-state index contributed by atoms with van der Waals surface area (Å²) in [5, 5.41) is 9.50. The first-order chi connectivity index (χ1) is 11.0. The maximum Gasteiger partial charge on any atom is 0.131 e. The van der Waals surface area contributed by atoms with Gasteiger partial charge in [0.1, 0.15) is 11.3 Å². The molecule has 2 aromatic carbocycles. The first kappa shape index (κ1) is 15.6. The Labute approximate surface area is 138 Å². The minimum atomic E-state index is 0.960. The van der Waals surface area contributed by atoms with Crippen LogP contribution >= 0.6 is 0 Å². The fraction of sp³-hybridized carbons (Fsp3) is 0.350. The molecule has 3 rings (SSSR count). The van der Waals surface area contributed by atoms with Gasteiger partial charge in [0, 0.05) is 24.5 Å². The largest absolute Gasteiger partial charge is 0.370 e. The Morgan fingerprint density at radius 2 is 1.78 bits per heavy atom. The third kappa shape index (κ3) is 2.72. The van der Waals surface area contributed by atoms with Gasteiger partial charge in [-0.15, -0.1) is 0 Å². The van der Waals surface area contributed by atoms with Crippen molar-refractivity contribution in [3.8, 4) is 11.1 Å². The molecular weight excluding hydrogens is 282 g/mol. The summed E-state index contributed by atoms with van der Waals surface area (Å²) in [6.07, 6.45) is 1.10. The first-order valence-electron chi connectivity index (χ1n) is 8.30. The van der Waals surface area contributed by atoms with Crippen LogP contribution in [0.1, 0.15) is 30.0 Å². The van der Waals surface area contributed by atoms with Crippen LogP contribution < -0.4 is 5.32 Å². The molecule has 23 heavy (non-hydrogen) atoms. The molecule has 1 N–H and O–H groups in total. The zero-order chi connectivity index (χ0) is 16.6. The Morgan fingerprint density at radius 1 is 1.09 bits per heavy atom. The molecule has 0 atom stereocenters. The van der Waals surface area contributed by atoms with Crippen molar-refractivity contribution in [1.82, 2.24) is 9.78 Å². The van der Waals surface area contributed by atoms with Crippen LogP contribution in [-0.4, -0.2) is 16.3 Å². The van der Waals surface area contributed by atoms with Gasteiger partial charge in [-0.3, -0.25) is 4.68 Å². The predicted octanol–water partition coefficient (Wildman–Crippen LogP) is 4.99. The van der Waals surface area contributed by atoms with Gasteiger partial charge in [0.2, 0.25) is 0 Å². The minimum absolute atomic E-state index is 0.960. The molecule has 0 amide bonds. The highest BCUT2D eigenvalue weighted by Gasteiger charge is 2.15. The minimum Gasteiger partial charge on any atom is -0.370 e. The SMILES string of the molecule is CCCNc1c2cccc(-c3c(C)cc(C)cc3C)c2nn1C. The van der Waals surface area contributed by atoms with Gasteiger partial charge in [-0.2, -0.15) is 5.10 Å². The molecule has 0 saturated carbocycles. The van der Waals surface area contributed by atoms with Crippen LogP contribution in [0.4, 0.5) is 5.82 Å². The maximum absolute atomic E-state index is 4.80. The number of fused-ring (bicyclic) bond motifs is 1. The second-order valence-corrected chi connectivity index (χ2v) is 6.37. The van der Waals surface area contributed by atoms with Gasteiger partial charge in [-0.1, -0.05) is 36.8 Å². The van der Waals surface area contributed by atoms with Gasteiger partial charge in [0.25, 0.3) is 0 Å². The van der Waals surface area contributed by atoms with Gasteiger partial charge >= 0.3 is 0 Å². The van der Waals surface area contributed by atoms with Crippen molar-refractivity contribution >= 4 is 16.7 Å². The zero-order valence-electron chi connectivity index (χ0n) is 14.7. The monoisotopic (exact) mass is 307 g/mol. The smallest absolute Gasteiger partial charge is 0.131 e. The number of aryl methyl sites for hydroxylation is 4. The molecule has 0 bridgehead atoms. The number of nitrogens with zero attached hydrogens (tertiary/aromatic N) is 2. The van der Waals surface area contributed by atoms with E-state index in [1.165, 1.54) is 33.2 Å². The molecule has 120 valence electrons. The number of anilines is 1. The highest BCUT2D eigenvalue weighted by Crippen LogP contribution is 2.35. The van der Waals surface area contributed by atoms with Crippen molar-refractivity contribution in [3.63, 3.8) is 0 Å². The van der Waals surface area contributed by atoms with E-state index in [0.29, 0.717) is 0 Å². The quantitative estimate of drug-likeness (QED) is 0.736. The van der Waals surface area contributed by atoms with Crippen LogP contribution in [0.5, 0.6) is 0 Å². The average molecular weight is 307 g/mol. The standard InChI is InChI=1S/C20H25N3/c1-6-10-21-20-17-9-7-8-16(19(17)22-23(20)5)18-14(3)11-13(2)12-15(18)4/h7-9,11-12,21H,6,10H2,1-5H3. The molecule has 0 fully saturated rings. The van der Waals surface area contributed by atoms with E-state index >= 15 is 0 Å². The van der Waals surface area contributed by atoms with E-state index in [4.69, 9.17) is 5.10 Å². The van der Waals surface area contributed by atoms with Crippen LogP contribution in [0.2, 0.25) is 0 Å². The van der Waals surface area contributed by atoms with Crippen molar-refractivity contribution in [2.24, 2.45) is 7.05 Å². The summed E-state index contributed by atoms with van der Waals surface area (Å²) < 4.78 is 1.96. The van der Waals surface area contributed by atoms with E-state index in [9.17, 15) is 0 Å². The molecule has 0 saturated heterocycles. The Morgan fingerprint density at radius 3 is 2.43 bits per heavy atom. The molecular formula is C20H25N3. The van der Waals surface area contributed by atoms with Gasteiger partial charge < -0.3 is 5.32 Å². The van der Waals surface area contributed by atoms with Gasteiger partial charge in [-0.25, -0.2) is 0 Å². The molecule has 3 aromatic rings. The lowest BCUT2D eigenvalue weighted by atomic mass is 9.92. The molecule has 0 aliphatic heterocycles. The third-order valence-corrected chi connectivity index (χ3v) is 4.35. The van der Waals surface area contributed by atoms with Gasteiger partial charge in [-0.05, 0) is 49.9 Å². The summed E-state index contributed by atoms with van der Waals surface area (Å²) in [7, 11) is 2.01. The van der Waals surface area contributed by atoms with Crippen LogP contribution in [-0.2, 0) is 7.05 Å². The third-order valence-electron chi connectivity index (χ3n) is 4.35. The number of nitrogens with one attached hydrogen (secondary N) is 1. The van der Waals surface area contributed by atoms with Crippen LogP contribution in [0.25, 0.3) is 22.0 Å². The van der Waals surface area contributed by atoms with E-state index < -0.39 is 0 Å². The molecule has 0 radical (unpaired) electrons. The molecule has 0 aliphatic carbocycles. The van der Waals surface area contributed by atoms with Gasteiger partial charge in [0.05, 0.1) is 0 Å². The summed E-state index contributed by atoms with van der Waals surface area (Å²) >= 11 is 0. The van der Waals surface area contributed by atoms with Crippen LogP contribution in [0, 0.1) is 20.8 Å². The summed E-state index contributed by atoms with van der Waals surface area (Å²) in [6.45, 7) is 9.66. The number of rotatable bonds is 4. The molecule has 3 nitrogen and oxygen atoms in total. The van der Waals surface area contributed by atoms with Crippen molar-refractivity contribution in [3.05, 3.63) is 47.0 Å². The molecule has 1 heterocycles. The lowest BCUT2D eigenvalue weighted by molar-refractivity contribution is 0.777. The summed E-state index contributed by atoms with van der Waals surface area (Å²) in [5.41, 5.74) is 7.53. The van der Waals surface area contributed by atoms with Crippen LogP contribution in [0.15, 0.2) is 30.3 Å². The normalized spacial score (nSPS) is 11.2. The van der Waals surface area contributed by atoms with E-state index in [2.05, 4.69) is 63.3 Å². The lowest BCUT2D eigenvalue weighted by Crippen LogP contribution is -2.05. The Balaban J connectivity index is 2.24. The molecule has 0 aliphatic rings. The Bertz CT molecular complexity index is 836. The van der Waals surface area contributed by atoms with Crippen molar-refractivity contribution in [1.29, 1.82) is 0 Å². The Hall–Kier alpha value is -2.29. The highest BCUT2D eigenvalue weighted by molar-refractivity contribution is 6.01. The fourth-order valence-electron chi connectivity index (χ4n) is 3.48. The summed E-state index contributed by atoms with van der Waals surface area (Å²) in [5.74, 6) is 1.10. The molecule has 3 heteroatoms. The fourth-order valence-corrected chi connectivity index (χ4v) is 3.48. The molecule has 0 unspecified atom stereocenters. The number of hydrogen-bond donors (Lipinski definition) is 1. The average Bonchev–Trinajstić information content (AvgIpc) is 2.80. The van der Waals surface area contributed by atoms with Crippen LogP contribution in [0.3, 0.4) is 0 Å². The topological polar surface area (TPSA) is 29.9 Å². The number of hydrogen-bond acceptors (Lipinski definition) is 2. The van der Waals surface area contributed by atoms with Crippen molar-refractivity contribution in [2.45, 2.75) is 34.1 Å². The van der Waals surface area contributed by atoms with Crippen molar-refractivity contribution < 1.29 is 0 Å².